The van der Waals surface area contributed by atoms with Crippen molar-refractivity contribution in [3.63, 3.8) is 0 Å². The fourth-order valence-electron chi connectivity index (χ4n) is 7.00. The molecule has 0 saturated carbocycles. The lowest BCUT2D eigenvalue weighted by atomic mass is 9.98. The molecule has 9 nitrogen and oxygen atoms in total. The highest BCUT2D eigenvalue weighted by atomic mass is 35.5. The average Bonchev–Trinajstić information content (AvgIpc) is 3.68. The van der Waals surface area contributed by atoms with E-state index in [0.717, 1.165) is 74.4 Å². The van der Waals surface area contributed by atoms with Crippen molar-refractivity contribution in [2.24, 2.45) is 0 Å². The monoisotopic (exact) mass is 612 g/mol. The molecule has 2 aliphatic heterocycles. The molecule has 0 spiro atoms. The molecule has 0 radical (unpaired) electrons. The maximum Gasteiger partial charge on any atom is 0.274 e. The zero-order chi connectivity index (χ0) is 29.8. The van der Waals surface area contributed by atoms with Crippen LogP contribution in [0.3, 0.4) is 0 Å². The molecule has 2 aromatic heterocycles. The van der Waals surface area contributed by atoms with Crippen molar-refractivity contribution in [3.05, 3.63) is 57.1 Å². The third-order valence-corrected chi connectivity index (χ3v) is 9.89. The molecular formula is C31H42Cl2N8O. The highest BCUT2D eigenvalue weighted by molar-refractivity contribution is 6.35. The molecule has 4 heterocycles. The molecule has 0 unspecified atom stereocenters. The van der Waals surface area contributed by atoms with E-state index >= 15 is 0 Å². The summed E-state index contributed by atoms with van der Waals surface area (Å²) in [6, 6.07) is 6.17. The van der Waals surface area contributed by atoms with Crippen LogP contribution < -0.4 is 0 Å². The van der Waals surface area contributed by atoms with Crippen LogP contribution in [-0.2, 0) is 19.4 Å². The number of fused-ring (bicyclic) bond motifs is 1. The van der Waals surface area contributed by atoms with Gasteiger partial charge in [0.2, 0.25) is 0 Å². The smallest absolute Gasteiger partial charge is 0.274 e. The van der Waals surface area contributed by atoms with Crippen molar-refractivity contribution in [2.45, 2.75) is 96.9 Å². The maximum absolute atomic E-state index is 13.9. The van der Waals surface area contributed by atoms with Gasteiger partial charge in [-0.15, -0.1) is 5.10 Å². The molecule has 42 heavy (non-hydrogen) atoms. The minimum absolute atomic E-state index is 0.00267. The number of amides is 1. The van der Waals surface area contributed by atoms with Crippen LogP contribution in [0.15, 0.2) is 24.4 Å². The van der Waals surface area contributed by atoms with Gasteiger partial charge in [0.05, 0.1) is 28.6 Å². The van der Waals surface area contributed by atoms with Gasteiger partial charge in [0.25, 0.3) is 5.91 Å². The van der Waals surface area contributed by atoms with E-state index in [2.05, 4.69) is 65.6 Å². The van der Waals surface area contributed by atoms with Gasteiger partial charge in [-0.05, 0) is 84.9 Å². The molecule has 0 bridgehead atoms. The molecule has 3 aromatic rings. The minimum atomic E-state index is 0.00267. The molecule has 2 atom stereocenters. The van der Waals surface area contributed by atoms with Crippen LogP contribution in [0.5, 0.6) is 0 Å². The minimum Gasteiger partial charge on any atom is -0.334 e. The molecule has 0 N–H and O–H groups in total. The summed E-state index contributed by atoms with van der Waals surface area (Å²) in [6.45, 7) is 15.4. The second kappa shape index (κ2) is 11.6. The Morgan fingerprint density at radius 3 is 2.43 bits per heavy atom. The number of piperazine rings is 1. The summed E-state index contributed by atoms with van der Waals surface area (Å²) in [5, 5.41) is 15.0. The predicted octanol–water partition coefficient (Wildman–Crippen LogP) is 5.43. The molecule has 11 heteroatoms. The molecule has 226 valence electrons. The lowest BCUT2D eigenvalue weighted by Gasteiger charge is -2.44. The van der Waals surface area contributed by atoms with Crippen LogP contribution in [-0.4, -0.2) is 89.2 Å². The zero-order valence-electron chi connectivity index (χ0n) is 25.4. The van der Waals surface area contributed by atoms with Gasteiger partial charge < -0.3 is 4.90 Å². The number of rotatable bonds is 5. The summed E-state index contributed by atoms with van der Waals surface area (Å²) >= 11 is 12.7. The normalized spacial score (nSPS) is 22.6. The predicted molar refractivity (Wildman–Crippen MR) is 166 cm³/mol. The van der Waals surface area contributed by atoms with E-state index in [0.29, 0.717) is 34.9 Å². The molecule has 2 saturated heterocycles. The Labute approximate surface area is 258 Å². The fraction of sp³-hybridized carbons (Fsp3) is 0.613. The van der Waals surface area contributed by atoms with Gasteiger partial charge >= 0.3 is 0 Å². The first-order valence-corrected chi connectivity index (χ1v) is 16.0. The molecule has 1 aromatic carbocycles. The van der Waals surface area contributed by atoms with E-state index in [9.17, 15) is 4.79 Å². The Kier molecular flexibility index (Phi) is 8.15. The summed E-state index contributed by atoms with van der Waals surface area (Å²) < 4.78 is 3.93. The number of hydrogen-bond donors (Lipinski definition) is 0. The van der Waals surface area contributed by atoms with Gasteiger partial charge in [-0.1, -0.05) is 28.4 Å². The van der Waals surface area contributed by atoms with Crippen molar-refractivity contribution in [3.8, 4) is 5.69 Å². The number of benzene rings is 1. The van der Waals surface area contributed by atoms with Crippen LogP contribution in [0, 0.1) is 0 Å². The number of likely N-dealkylation sites (tertiary alicyclic amines) is 1. The molecule has 3 aliphatic rings. The van der Waals surface area contributed by atoms with Gasteiger partial charge in [0.1, 0.15) is 0 Å². The Morgan fingerprint density at radius 2 is 1.76 bits per heavy atom. The molecule has 1 aliphatic carbocycles. The van der Waals surface area contributed by atoms with E-state index in [1.165, 1.54) is 0 Å². The summed E-state index contributed by atoms with van der Waals surface area (Å²) in [5.41, 5.74) is 4.65. The fourth-order valence-corrected chi connectivity index (χ4v) is 7.49. The van der Waals surface area contributed by atoms with Gasteiger partial charge in [0.15, 0.2) is 5.69 Å². The van der Waals surface area contributed by atoms with Crippen LogP contribution >= 0.6 is 23.2 Å². The second-order valence-corrected chi connectivity index (χ2v) is 14.1. The first-order chi connectivity index (χ1) is 20.0. The van der Waals surface area contributed by atoms with Crippen molar-refractivity contribution < 1.29 is 4.79 Å². The average molecular weight is 614 g/mol. The molecule has 1 amide bonds. The SMILES string of the molecule is C[C@@H]1CN(C(=O)c2nn(-c3ccc(Cl)cc3Cl)c3c2CCC3)C[C@H](C)N1Cc1cn(C2CCN(C(C)(C)C)CC2)nn1. The van der Waals surface area contributed by atoms with Crippen molar-refractivity contribution in [1.82, 2.24) is 39.5 Å². The lowest BCUT2D eigenvalue weighted by Crippen LogP contribution is -2.57. The second-order valence-electron chi connectivity index (χ2n) is 13.3. The highest BCUT2D eigenvalue weighted by Crippen LogP contribution is 2.33. The lowest BCUT2D eigenvalue weighted by molar-refractivity contribution is 0.0259. The van der Waals surface area contributed by atoms with E-state index in [4.69, 9.17) is 28.3 Å². The first-order valence-electron chi connectivity index (χ1n) is 15.3. The summed E-state index contributed by atoms with van der Waals surface area (Å²) in [6.07, 6.45) is 7.07. The number of halogens is 2. The highest BCUT2D eigenvalue weighted by Gasteiger charge is 2.36. The summed E-state index contributed by atoms with van der Waals surface area (Å²) in [5.74, 6) is 0.00267. The Morgan fingerprint density at radius 1 is 1.05 bits per heavy atom. The van der Waals surface area contributed by atoms with E-state index in [1.54, 1.807) is 6.07 Å². The van der Waals surface area contributed by atoms with Crippen molar-refractivity contribution in [1.29, 1.82) is 0 Å². The van der Waals surface area contributed by atoms with Gasteiger partial charge in [-0.3, -0.25) is 14.6 Å². The Hall–Kier alpha value is -2.46. The number of piperidine rings is 1. The van der Waals surface area contributed by atoms with E-state index < -0.39 is 0 Å². The third kappa shape index (κ3) is 5.73. The first kappa shape index (κ1) is 29.6. The van der Waals surface area contributed by atoms with Crippen molar-refractivity contribution in [2.75, 3.05) is 26.2 Å². The zero-order valence-corrected chi connectivity index (χ0v) is 26.9. The molecule has 2 fully saturated rings. The number of carbonyl (C=O) groups is 1. The van der Waals surface area contributed by atoms with Crippen LogP contribution in [0.1, 0.15) is 87.4 Å². The standard InChI is InChI=1S/C31H42Cl2N8O/c1-20-16-37(30(42)29-25-7-6-8-27(25)41(35-29)28-10-9-22(32)15-26(28)33)17-21(2)39(20)18-23-19-40(36-34-23)24-11-13-38(14-12-24)31(3,4)5/h9-10,15,19-21,24H,6-8,11-14,16-18H2,1-5H3/t20-,21+. The van der Waals surface area contributed by atoms with E-state index in [1.807, 2.05) is 21.7 Å². The number of aromatic nitrogens is 5. The number of carbonyl (C=O) groups excluding carboxylic acids is 1. The van der Waals surface area contributed by atoms with Crippen LogP contribution in [0.4, 0.5) is 0 Å². The molecular weight excluding hydrogens is 571 g/mol. The van der Waals surface area contributed by atoms with E-state index in [-0.39, 0.29) is 23.5 Å². The van der Waals surface area contributed by atoms with Gasteiger partial charge in [0, 0.05) is 66.6 Å². The van der Waals surface area contributed by atoms with Crippen LogP contribution in [0.25, 0.3) is 5.69 Å². The maximum atomic E-state index is 13.9. The number of hydrogen-bond acceptors (Lipinski definition) is 6. The quantitative estimate of drug-likeness (QED) is 0.382. The largest absolute Gasteiger partial charge is 0.334 e. The van der Waals surface area contributed by atoms with Crippen LogP contribution in [0.2, 0.25) is 10.0 Å². The summed E-state index contributed by atoms with van der Waals surface area (Å²) in [7, 11) is 0. The van der Waals surface area contributed by atoms with Crippen molar-refractivity contribution >= 4 is 29.1 Å². The third-order valence-electron chi connectivity index (χ3n) is 9.35. The van der Waals surface area contributed by atoms with Gasteiger partial charge in [-0.2, -0.15) is 5.10 Å². The Bertz CT molecular complexity index is 1440. The Balaban J connectivity index is 1.12. The summed E-state index contributed by atoms with van der Waals surface area (Å²) in [4.78, 5) is 20.9. The van der Waals surface area contributed by atoms with Gasteiger partial charge in [-0.25, -0.2) is 9.36 Å². The molecule has 6 rings (SSSR count). The topological polar surface area (TPSA) is 75.3 Å². The number of nitrogens with zero attached hydrogens (tertiary/aromatic N) is 8.